The van der Waals surface area contributed by atoms with Gasteiger partial charge in [0.1, 0.15) is 6.10 Å². The zero-order valence-corrected chi connectivity index (χ0v) is 12.4. The van der Waals surface area contributed by atoms with Crippen molar-refractivity contribution in [2.24, 2.45) is 23.7 Å². The first kappa shape index (κ1) is 14.8. The third-order valence-corrected chi connectivity index (χ3v) is 5.37. The van der Waals surface area contributed by atoms with Crippen molar-refractivity contribution in [1.29, 1.82) is 0 Å². The molecule has 4 nitrogen and oxygen atoms in total. The van der Waals surface area contributed by atoms with Crippen LogP contribution in [0.15, 0.2) is 24.3 Å². The molecule has 3 aliphatic rings. The monoisotopic (exact) mass is 292 g/mol. The van der Waals surface area contributed by atoms with Crippen LogP contribution in [0.4, 0.5) is 0 Å². The summed E-state index contributed by atoms with van der Waals surface area (Å²) < 4.78 is 5.22. The van der Waals surface area contributed by atoms with Crippen molar-refractivity contribution in [2.75, 3.05) is 0 Å². The lowest BCUT2D eigenvalue weighted by Gasteiger charge is -2.22. The van der Waals surface area contributed by atoms with Crippen molar-refractivity contribution in [1.82, 2.24) is 0 Å². The minimum absolute atomic E-state index is 0.0673. The molecule has 1 saturated heterocycles. The Bertz CT molecular complexity index is 456. The second-order valence-corrected chi connectivity index (χ2v) is 6.68. The van der Waals surface area contributed by atoms with Gasteiger partial charge in [-0.05, 0) is 24.7 Å². The molecule has 2 unspecified atom stereocenters. The normalized spacial score (nSPS) is 41.5. The van der Waals surface area contributed by atoms with E-state index in [0.29, 0.717) is 18.8 Å². The van der Waals surface area contributed by atoms with Gasteiger partial charge < -0.3 is 14.9 Å². The van der Waals surface area contributed by atoms with Gasteiger partial charge >= 0.3 is 5.97 Å². The highest BCUT2D eigenvalue weighted by atomic mass is 16.6. The standard InChI is InChI=1S/C17H24O4/c1-10(11-4-2-3-5-11)14(18)7-6-12-13-8-17(20)21-16(13)9-15(12)19/h2,4,6-7,10-16,18-19H,3,5,8-9H2,1H3/b7-6+/t10?,11?,12-,13-,14+,15-,16+/m1/s1. The molecule has 21 heavy (non-hydrogen) atoms. The Labute approximate surface area is 125 Å². The average molecular weight is 292 g/mol. The van der Waals surface area contributed by atoms with Crippen LogP contribution < -0.4 is 0 Å². The van der Waals surface area contributed by atoms with E-state index < -0.39 is 12.2 Å². The fourth-order valence-corrected chi connectivity index (χ4v) is 3.95. The van der Waals surface area contributed by atoms with Crippen molar-refractivity contribution in [2.45, 2.75) is 50.9 Å². The van der Waals surface area contributed by atoms with E-state index in [0.717, 1.165) is 12.8 Å². The molecule has 0 bridgehead atoms. The fourth-order valence-electron chi connectivity index (χ4n) is 3.95. The molecular weight excluding hydrogens is 268 g/mol. The minimum Gasteiger partial charge on any atom is -0.462 e. The molecule has 2 N–H and O–H groups in total. The minimum atomic E-state index is -0.512. The summed E-state index contributed by atoms with van der Waals surface area (Å²) in [4.78, 5) is 11.3. The van der Waals surface area contributed by atoms with Gasteiger partial charge in [-0.15, -0.1) is 0 Å². The second kappa shape index (κ2) is 5.93. The highest BCUT2D eigenvalue weighted by Crippen LogP contribution is 2.42. The number of carbonyl (C=O) groups excluding carboxylic acids is 1. The average Bonchev–Trinajstić information content (AvgIpc) is 3.12. The van der Waals surface area contributed by atoms with Crippen molar-refractivity contribution in [3.63, 3.8) is 0 Å². The van der Waals surface area contributed by atoms with E-state index in [1.807, 2.05) is 6.08 Å². The molecule has 0 radical (unpaired) electrons. The van der Waals surface area contributed by atoms with Crippen LogP contribution >= 0.6 is 0 Å². The first-order valence-corrected chi connectivity index (χ1v) is 7.97. The van der Waals surface area contributed by atoms with Gasteiger partial charge in [0.2, 0.25) is 0 Å². The molecule has 0 spiro atoms. The predicted molar refractivity (Wildman–Crippen MR) is 78.3 cm³/mol. The first-order chi connectivity index (χ1) is 10.1. The van der Waals surface area contributed by atoms with Gasteiger partial charge in [-0.3, -0.25) is 4.79 Å². The van der Waals surface area contributed by atoms with Crippen LogP contribution in [0.25, 0.3) is 0 Å². The Balaban J connectivity index is 1.62. The van der Waals surface area contributed by atoms with E-state index in [4.69, 9.17) is 4.74 Å². The van der Waals surface area contributed by atoms with E-state index in [1.54, 1.807) is 6.08 Å². The molecular formula is C17H24O4. The van der Waals surface area contributed by atoms with Crippen molar-refractivity contribution in [3.05, 3.63) is 24.3 Å². The predicted octanol–water partition coefficient (Wildman–Crippen LogP) is 1.82. The van der Waals surface area contributed by atoms with Crippen molar-refractivity contribution >= 4 is 5.97 Å². The highest BCUT2D eigenvalue weighted by Gasteiger charge is 2.48. The van der Waals surface area contributed by atoms with Crippen LogP contribution in [-0.2, 0) is 9.53 Å². The molecule has 3 rings (SSSR count). The topological polar surface area (TPSA) is 66.8 Å². The van der Waals surface area contributed by atoms with Crippen LogP contribution in [0.3, 0.4) is 0 Å². The largest absolute Gasteiger partial charge is 0.462 e. The molecule has 1 saturated carbocycles. The first-order valence-electron chi connectivity index (χ1n) is 7.97. The molecule has 0 amide bonds. The third-order valence-electron chi connectivity index (χ3n) is 5.37. The summed E-state index contributed by atoms with van der Waals surface area (Å²) in [6, 6.07) is 0. The Kier molecular flexibility index (Phi) is 4.18. The number of esters is 1. The summed E-state index contributed by atoms with van der Waals surface area (Å²) in [7, 11) is 0. The number of allylic oxidation sites excluding steroid dienone is 2. The number of fused-ring (bicyclic) bond motifs is 1. The zero-order valence-electron chi connectivity index (χ0n) is 12.4. The Morgan fingerprint density at radius 2 is 2.29 bits per heavy atom. The summed E-state index contributed by atoms with van der Waals surface area (Å²) in [5.41, 5.74) is 0. The van der Waals surface area contributed by atoms with Crippen molar-refractivity contribution < 1.29 is 19.7 Å². The number of ether oxygens (including phenoxy) is 1. The van der Waals surface area contributed by atoms with E-state index in [-0.39, 0.29) is 29.8 Å². The highest BCUT2D eigenvalue weighted by molar-refractivity contribution is 5.72. The number of hydrogen-bond acceptors (Lipinski definition) is 4. The van der Waals surface area contributed by atoms with Gasteiger partial charge in [-0.25, -0.2) is 0 Å². The fraction of sp³-hybridized carbons (Fsp3) is 0.706. The van der Waals surface area contributed by atoms with Gasteiger partial charge in [-0.1, -0.05) is 31.2 Å². The van der Waals surface area contributed by atoms with E-state index in [9.17, 15) is 15.0 Å². The number of carbonyl (C=O) groups is 1. The van der Waals surface area contributed by atoms with Gasteiger partial charge in [0.05, 0.1) is 18.6 Å². The van der Waals surface area contributed by atoms with E-state index >= 15 is 0 Å². The number of hydrogen-bond donors (Lipinski definition) is 2. The maximum Gasteiger partial charge on any atom is 0.306 e. The van der Waals surface area contributed by atoms with Crippen LogP contribution in [0.5, 0.6) is 0 Å². The lowest BCUT2D eigenvalue weighted by Crippen LogP contribution is -2.23. The maximum atomic E-state index is 11.3. The summed E-state index contributed by atoms with van der Waals surface area (Å²) in [5.74, 6) is 0.429. The summed E-state index contributed by atoms with van der Waals surface area (Å²) in [6.07, 6.45) is 10.0. The van der Waals surface area contributed by atoms with E-state index in [1.165, 1.54) is 0 Å². The molecule has 2 fully saturated rings. The Hall–Kier alpha value is -1.13. The molecule has 0 aromatic heterocycles. The molecule has 0 aromatic rings. The number of aliphatic hydroxyl groups is 2. The second-order valence-electron chi connectivity index (χ2n) is 6.68. The molecule has 7 atom stereocenters. The van der Waals surface area contributed by atoms with Crippen LogP contribution in [0.1, 0.15) is 32.6 Å². The molecule has 1 heterocycles. The molecule has 4 heteroatoms. The Morgan fingerprint density at radius 3 is 3.00 bits per heavy atom. The smallest absolute Gasteiger partial charge is 0.306 e. The lowest BCUT2D eigenvalue weighted by molar-refractivity contribution is -0.141. The number of aliphatic hydroxyl groups excluding tert-OH is 2. The molecule has 1 aliphatic heterocycles. The summed E-state index contributed by atoms with van der Waals surface area (Å²) in [6.45, 7) is 2.06. The quantitative estimate of drug-likeness (QED) is 0.613. The third kappa shape index (κ3) is 2.92. The Morgan fingerprint density at radius 1 is 1.48 bits per heavy atom. The van der Waals surface area contributed by atoms with Crippen LogP contribution in [-0.4, -0.2) is 34.5 Å². The van der Waals surface area contributed by atoms with Crippen molar-refractivity contribution in [3.8, 4) is 0 Å². The molecule has 116 valence electrons. The van der Waals surface area contributed by atoms with Gasteiger partial charge in [0.25, 0.3) is 0 Å². The number of rotatable bonds is 4. The van der Waals surface area contributed by atoms with Gasteiger partial charge in [0.15, 0.2) is 0 Å². The van der Waals surface area contributed by atoms with Crippen LogP contribution in [0, 0.1) is 23.7 Å². The molecule has 0 aromatic carbocycles. The summed E-state index contributed by atoms with van der Waals surface area (Å²) in [5, 5.41) is 20.4. The maximum absolute atomic E-state index is 11.3. The molecule has 2 aliphatic carbocycles. The zero-order chi connectivity index (χ0) is 15.0. The summed E-state index contributed by atoms with van der Waals surface area (Å²) >= 11 is 0. The van der Waals surface area contributed by atoms with Gasteiger partial charge in [-0.2, -0.15) is 0 Å². The van der Waals surface area contributed by atoms with Gasteiger partial charge in [0, 0.05) is 18.3 Å². The SMILES string of the molecule is CC(C1C=CCC1)[C@@H](O)/C=C/[C@@H]1[C@H]2CC(=O)O[C@H]2C[C@H]1O. The van der Waals surface area contributed by atoms with E-state index in [2.05, 4.69) is 19.1 Å². The lowest BCUT2D eigenvalue weighted by atomic mass is 9.86. The van der Waals surface area contributed by atoms with Crippen LogP contribution in [0.2, 0.25) is 0 Å².